The Kier molecular flexibility index (Phi) is 8.43. The van der Waals surface area contributed by atoms with Crippen LogP contribution in [-0.4, -0.2) is 59.3 Å². The summed E-state index contributed by atoms with van der Waals surface area (Å²) >= 11 is 0. The smallest absolute Gasteiger partial charge is 0.336 e. The molecular weight excluding hydrogens is 442 g/mol. The molecule has 1 N–H and O–H groups in total. The molecule has 3 heterocycles. The topological polar surface area (TPSA) is 84.2 Å². The van der Waals surface area contributed by atoms with Crippen molar-refractivity contribution in [2.45, 2.75) is 97.9 Å². The van der Waals surface area contributed by atoms with Crippen molar-refractivity contribution in [2.75, 3.05) is 24.6 Å². The number of rotatable bonds is 9. The van der Waals surface area contributed by atoms with Crippen molar-refractivity contribution < 1.29 is 19.4 Å². The third-order valence-corrected chi connectivity index (χ3v) is 6.80. The van der Waals surface area contributed by atoms with E-state index in [9.17, 15) is 9.90 Å². The summed E-state index contributed by atoms with van der Waals surface area (Å²) in [4.78, 5) is 24.1. The summed E-state index contributed by atoms with van der Waals surface area (Å²) in [6.45, 7) is 16.7. The van der Waals surface area contributed by atoms with E-state index in [-0.39, 0.29) is 0 Å². The zero-order valence-electron chi connectivity index (χ0n) is 22.6. The number of aryl methyl sites for hydroxylation is 1. The van der Waals surface area contributed by atoms with Crippen molar-refractivity contribution in [1.82, 2.24) is 4.98 Å². The van der Waals surface area contributed by atoms with Gasteiger partial charge < -0.3 is 19.5 Å². The molecule has 0 aliphatic carbocycles. The molecule has 7 nitrogen and oxygen atoms in total. The lowest BCUT2D eigenvalue weighted by molar-refractivity contribution is -0.186. The zero-order chi connectivity index (χ0) is 25.9. The lowest BCUT2D eigenvalue weighted by Crippen LogP contribution is -2.55. The summed E-state index contributed by atoms with van der Waals surface area (Å²) in [5, 5.41) is 10.1. The minimum Gasteiger partial charge on any atom is -0.479 e. The summed E-state index contributed by atoms with van der Waals surface area (Å²) in [6, 6.07) is 2.13. The van der Waals surface area contributed by atoms with Crippen LogP contribution >= 0.6 is 0 Å². The lowest BCUT2D eigenvalue weighted by atomic mass is 9.82. The normalized spacial score (nSPS) is 23.2. The van der Waals surface area contributed by atoms with Crippen molar-refractivity contribution in [3.8, 4) is 0 Å². The highest BCUT2D eigenvalue weighted by molar-refractivity contribution is 5.90. The number of carbonyl (C=O) groups is 1. The predicted octanol–water partition coefficient (Wildman–Crippen LogP) is 5.66. The van der Waals surface area contributed by atoms with Crippen molar-refractivity contribution in [2.24, 2.45) is 10.4 Å². The number of carboxylic acid groups (broad SMARTS) is 1. The van der Waals surface area contributed by atoms with Crippen LogP contribution < -0.4 is 4.90 Å². The Morgan fingerprint density at radius 3 is 2.49 bits per heavy atom. The molecule has 35 heavy (non-hydrogen) atoms. The Morgan fingerprint density at radius 1 is 1.26 bits per heavy atom. The SMILES string of the molecule is CCCCOC1(C(OC(C)(C)C)C(=O)O)C=NC(c2cnc(C)cc2N2CCC(C)(C)CC2)=CC1. The molecule has 2 aliphatic rings. The molecule has 0 saturated carbocycles. The van der Waals surface area contributed by atoms with Crippen LogP contribution in [0.15, 0.2) is 23.3 Å². The number of aliphatic carboxylic acids is 1. The van der Waals surface area contributed by atoms with Crippen molar-refractivity contribution in [3.63, 3.8) is 0 Å². The first-order valence-corrected chi connectivity index (χ1v) is 12.9. The van der Waals surface area contributed by atoms with Crippen molar-refractivity contribution >= 4 is 23.6 Å². The van der Waals surface area contributed by atoms with Crippen LogP contribution in [0.25, 0.3) is 5.70 Å². The number of ether oxygens (including phenoxy) is 2. The zero-order valence-corrected chi connectivity index (χ0v) is 22.6. The number of carboxylic acids is 1. The van der Waals surface area contributed by atoms with Gasteiger partial charge in [-0.05, 0) is 58.4 Å². The molecule has 3 rings (SSSR count). The Labute approximate surface area is 210 Å². The second-order valence-electron chi connectivity index (χ2n) is 11.7. The van der Waals surface area contributed by atoms with Gasteiger partial charge in [0, 0.05) is 55.5 Å². The first-order chi connectivity index (χ1) is 16.4. The van der Waals surface area contributed by atoms with Gasteiger partial charge in [-0.1, -0.05) is 33.3 Å². The first-order valence-electron chi connectivity index (χ1n) is 12.9. The molecule has 2 aliphatic heterocycles. The molecule has 1 fully saturated rings. The fraction of sp³-hybridized carbons (Fsp3) is 0.679. The number of piperidine rings is 1. The fourth-order valence-corrected chi connectivity index (χ4v) is 4.54. The third kappa shape index (κ3) is 6.91. The van der Waals surface area contributed by atoms with Crippen LogP contribution in [0.4, 0.5) is 5.69 Å². The number of hydrogen-bond donors (Lipinski definition) is 1. The summed E-state index contributed by atoms with van der Waals surface area (Å²) in [6.07, 6.45) is 8.79. The van der Waals surface area contributed by atoms with Crippen LogP contribution in [0, 0.1) is 12.3 Å². The minimum absolute atomic E-state index is 0.356. The highest BCUT2D eigenvalue weighted by Crippen LogP contribution is 2.38. The molecule has 7 heteroatoms. The average Bonchev–Trinajstić information content (AvgIpc) is 2.77. The highest BCUT2D eigenvalue weighted by Gasteiger charge is 2.47. The average molecular weight is 486 g/mol. The van der Waals surface area contributed by atoms with Crippen LogP contribution in [0.1, 0.15) is 84.9 Å². The van der Waals surface area contributed by atoms with Gasteiger partial charge in [0.15, 0.2) is 6.10 Å². The Bertz CT molecular complexity index is 953. The van der Waals surface area contributed by atoms with E-state index >= 15 is 0 Å². The molecule has 0 aromatic carbocycles. The van der Waals surface area contributed by atoms with E-state index in [2.05, 4.69) is 36.7 Å². The summed E-state index contributed by atoms with van der Waals surface area (Å²) in [5.41, 5.74) is 2.43. The lowest BCUT2D eigenvalue weighted by Gasteiger charge is -2.40. The van der Waals surface area contributed by atoms with E-state index in [1.165, 1.54) is 0 Å². The molecule has 1 saturated heterocycles. The van der Waals surface area contributed by atoms with Gasteiger partial charge in [-0.15, -0.1) is 0 Å². The van der Waals surface area contributed by atoms with Gasteiger partial charge in [0.1, 0.15) is 5.60 Å². The van der Waals surface area contributed by atoms with E-state index in [4.69, 9.17) is 14.5 Å². The summed E-state index contributed by atoms with van der Waals surface area (Å²) < 4.78 is 12.2. The summed E-state index contributed by atoms with van der Waals surface area (Å²) in [7, 11) is 0. The maximum absolute atomic E-state index is 12.3. The van der Waals surface area contributed by atoms with Gasteiger partial charge in [-0.2, -0.15) is 0 Å². The third-order valence-electron chi connectivity index (χ3n) is 6.80. The van der Waals surface area contributed by atoms with Crippen LogP contribution in [0.5, 0.6) is 0 Å². The molecule has 0 amide bonds. The van der Waals surface area contributed by atoms with Gasteiger partial charge in [0.2, 0.25) is 0 Å². The van der Waals surface area contributed by atoms with Crippen molar-refractivity contribution in [1.29, 1.82) is 0 Å². The largest absolute Gasteiger partial charge is 0.479 e. The van der Waals surface area contributed by atoms with E-state index in [0.29, 0.717) is 18.4 Å². The van der Waals surface area contributed by atoms with Gasteiger partial charge in [-0.25, -0.2) is 4.79 Å². The standard InChI is InChI=1S/C28H43N3O4/c1-8-9-16-34-28(24(25(32)33)35-26(3,4)5)11-10-22(30-19-28)21-18-29-20(2)17-23(21)31-14-12-27(6,7)13-15-31/h10,17-19,24H,8-9,11-16H2,1-7H3,(H,32,33). The predicted molar refractivity (Wildman–Crippen MR) is 141 cm³/mol. The number of aromatic nitrogens is 1. The number of pyridine rings is 1. The Balaban J connectivity index is 1.92. The number of unbranched alkanes of at least 4 members (excludes halogenated alkanes) is 1. The first kappa shape index (κ1) is 27.3. The van der Waals surface area contributed by atoms with E-state index in [1.54, 1.807) is 6.21 Å². The molecule has 0 radical (unpaired) electrons. The van der Waals surface area contributed by atoms with Gasteiger partial charge in [0.05, 0.1) is 11.3 Å². The van der Waals surface area contributed by atoms with E-state index in [0.717, 1.165) is 61.4 Å². The van der Waals surface area contributed by atoms with Gasteiger partial charge in [0.25, 0.3) is 0 Å². The molecule has 2 unspecified atom stereocenters. The second-order valence-corrected chi connectivity index (χ2v) is 11.7. The maximum Gasteiger partial charge on any atom is 0.336 e. The molecule has 0 bridgehead atoms. The number of hydrogen-bond acceptors (Lipinski definition) is 6. The molecule has 1 aromatic heterocycles. The number of anilines is 1. The Hall–Kier alpha value is -2.25. The maximum atomic E-state index is 12.3. The number of nitrogens with zero attached hydrogens (tertiary/aromatic N) is 3. The van der Waals surface area contributed by atoms with Crippen LogP contribution in [-0.2, 0) is 14.3 Å². The van der Waals surface area contributed by atoms with E-state index < -0.39 is 23.3 Å². The van der Waals surface area contributed by atoms with Crippen LogP contribution in [0.3, 0.4) is 0 Å². The molecule has 0 spiro atoms. The second kappa shape index (κ2) is 10.8. The number of aliphatic imine (C=N–C) groups is 1. The van der Waals surface area contributed by atoms with Gasteiger partial charge in [-0.3, -0.25) is 9.98 Å². The van der Waals surface area contributed by atoms with Crippen molar-refractivity contribution in [3.05, 3.63) is 29.6 Å². The van der Waals surface area contributed by atoms with E-state index in [1.807, 2.05) is 40.0 Å². The van der Waals surface area contributed by atoms with Gasteiger partial charge >= 0.3 is 5.97 Å². The fourth-order valence-electron chi connectivity index (χ4n) is 4.54. The highest BCUT2D eigenvalue weighted by atomic mass is 16.6. The molecule has 194 valence electrons. The minimum atomic E-state index is -1.17. The molecular formula is C28H43N3O4. The molecule has 1 aromatic rings. The summed E-state index contributed by atoms with van der Waals surface area (Å²) in [5.74, 6) is -1.05. The van der Waals surface area contributed by atoms with Crippen LogP contribution in [0.2, 0.25) is 0 Å². The Morgan fingerprint density at radius 2 is 1.94 bits per heavy atom. The molecule has 2 atom stereocenters. The quantitative estimate of drug-likeness (QED) is 0.455. The monoisotopic (exact) mass is 485 g/mol.